The van der Waals surface area contributed by atoms with Gasteiger partial charge in [0, 0.05) is 13.0 Å². The third-order valence-corrected chi connectivity index (χ3v) is 5.74. The summed E-state index contributed by atoms with van der Waals surface area (Å²) in [6, 6.07) is 7.61. The fraction of sp³-hybridized carbons (Fsp3) is 0.476. The molecule has 0 bridgehead atoms. The first kappa shape index (κ1) is 24.1. The molecule has 0 spiro atoms. The molecule has 3 rings (SSSR count). The van der Waals surface area contributed by atoms with Crippen molar-refractivity contribution in [1.29, 1.82) is 0 Å². The van der Waals surface area contributed by atoms with Gasteiger partial charge in [-0.15, -0.1) is 5.10 Å². The molecule has 0 aliphatic carbocycles. The molecule has 10 nitrogen and oxygen atoms in total. The fourth-order valence-electron chi connectivity index (χ4n) is 3.70. The van der Waals surface area contributed by atoms with Crippen LogP contribution in [0.5, 0.6) is 0 Å². The van der Waals surface area contributed by atoms with Crippen molar-refractivity contribution in [3.63, 3.8) is 0 Å². The summed E-state index contributed by atoms with van der Waals surface area (Å²) in [6.45, 7) is 5.69. The molecule has 1 aliphatic heterocycles. The first-order valence-corrected chi connectivity index (χ1v) is 11.2. The zero-order valence-electron chi connectivity index (χ0n) is 18.1. The Labute approximate surface area is 199 Å². The number of nitrogens with zero attached hydrogens (tertiary/aromatic N) is 4. The number of nitrogens with one attached hydrogen (secondary N) is 1. The second-order valence-electron chi connectivity index (χ2n) is 8.77. The molecule has 0 saturated carbocycles. The van der Waals surface area contributed by atoms with Crippen molar-refractivity contribution in [2.75, 3.05) is 6.54 Å². The van der Waals surface area contributed by atoms with E-state index in [1.165, 1.54) is 15.8 Å². The minimum atomic E-state index is -0.847. The van der Waals surface area contributed by atoms with Gasteiger partial charge in [0.05, 0.1) is 35.2 Å². The molecular formula is C21H26IN5O5. The largest absolute Gasteiger partial charge is 0.456 e. The summed E-state index contributed by atoms with van der Waals surface area (Å²) in [5.74, 6) is -1.39. The van der Waals surface area contributed by atoms with Crippen LogP contribution in [0.1, 0.15) is 49.3 Å². The molecule has 1 aromatic heterocycles. The Morgan fingerprint density at radius 1 is 1.28 bits per heavy atom. The average Bonchev–Trinajstić information content (AvgIpc) is 3.38. The molecule has 1 aliphatic rings. The molecule has 3 atom stereocenters. The van der Waals surface area contributed by atoms with Crippen molar-refractivity contribution in [1.82, 2.24) is 23.4 Å². The Kier molecular flexibility index (Phi) is 7.49. The number of hydrogen-bond donors (Lipinski definition) is 2. The van der Waals surface area contributed by atoms with Gasteiger partial charge in [-0.05, 0) is 11.0 Å². The number of carbonyl (C=O) groups is 3. The molecular weight excluding hydrogens is 529 g/mol. The highest BCUT2D eigenvalue weighted by molar-refractivity contribution is 14.1. The van der Waals surface area contributed by atoms with Crippen molar-refractivity contribution in [2.24, 2.45) is 5.41 Å². The summed E-state index contributed by atoms with van der Waals surface area (Å²) in [4.78, 5) is 39.5. The van der Waals surface area contributed by atoms with Gasteiger partial charge in [0.2, 0.25) is 5.91 Å². The number of halogens is 1. The highest BCUT2D eigenvalue weighted by atomic mass is 127. The lowest BCUT2D eigenvalue weighted by Crippen LogP contribution is -2.49. The highest BCUT2D eigenvalue weighted by Crippen LogP contribution is 2.34. The second-order valence-corrected chi connectivity index (χ2v) is 9.31. The molecule has 1 aromatic carbocycles. The Hall–Kier alpha value is -2.54. The van der Waals surface area contributed by atoms with Crippen LogP contribution >= 0.6 is 22.9 Å². The predicted molar refractivity (Wildman–Crippen MR) is 122 cm³/mol. The van der Waals surface area contributed by atoms with E-state index in [0.29, 0.717) is 0 Å². The van der Waals surface area contributed by atoms with E-state index in [9.17, 15) is 19.5 Å². The number of esters is 1. The third kappa shape index (κ3) is 5.44. The average molecular weight is 555 g/mol. The van der Waals surface area contributed by atoms with Gasteiger partial charge in [-0.1, -0.05) is 56.3 Å². The predicted octanol–water partition coefficient (Wildman–Crippen LogP) is 1.65. The topological polar surface area (TPSA) is 127 Å². The zero-order chi connectivity index (χ0) is 23.5. The Bertz CT molecular complexity index is 974. The van der Waals surface area contributed by atoms with Crippen LogP contribution in [0, 0.1) is 5.41 Å². The Morgan fingerprint density at radius 2 is 1.97 bits per heavy atom. The molecule has 2 heterocycles. The molecule has 0 radical (unpaired) electrons. The lowest BCUT2D eigenvalue weighted by atomic mass is 9.85. The number of β-amino-alcohol motifs (C(OH)–C–C–N with tert-alkyl or cyclic N) is 1. The van der Waals surface area contributed by atoms with E-state index in [-0.39, 0.29) is 37.1 Å². The van der Waals surface area contributed by atoms with Crippen LogP contribution in [0.25, 0.3) is 0 Å². The van der Waals surface area contributed by atoms with E-state index >= 15 is 0 Å². The monoisotopic (exact) mass is 555 g/mol. The molecule has 1 saturated heterocycles. The number of likely N-dealkylation sites (tertiary alicyclic amines) is 1. The molecule has 172 valence electrons. The number of aliphatic hydroxyl groups excluding tert-OH is 1. The van der Waals surface area contributed by atoms with Gasteiger partial charge in [-0.25, -0.2) is 9.48 Å². The third-order valence-electron chi connectivity index (χ3n) is 5.21. The van der Waals surface area contributed by atoms with E-state index < -0.39 is 29.6 Å². The molecule has 32 heavy (non-hydrogen) atoms. The van der Waals surface area contributed by atoms with Gasteiger partial charge in [-0.3, -0.25) is 13.1 Å². The van der Waals surface area contributed by atoms with Crippen LogP contribution in [0.15, 0.2) is 36.5 Å². The van der Waals surface area contributed by atoms with Crippen molar-refractivity contribution in [3.05, 3.63) is 47.8 Å². The van der Waals surface area contributed by atoms with Crippen molar-refractivity contribution in [2.45, 2.75) is 52.0 Å². The number of ether oxygens (including phenoxy) is 1. The number of carbonyl (C=O) groups excluding carboxylic acids is 3. The first-order valence-electron chi connectivity index (χ1n) is 10.1. The van der Waals surface area contributed by atoms with Crippen LogP contribution in [-0.2, 0) is 20.9 Å². The number of rotatable bonds is 6. The Morgan fingerprint density at radius 3 is 2.59 bits per heavy atom. The molecule has 2 N–H and O–H groups in total. The molecule has 11 heteroatoms. The lowest BCUT2D eigenvalue weighted by molar-refractivity contribution is -0.143. The second kappa shape index (κ2) is 9.94. The lowest BCUT2D eigenvalue weighted by Gasteiger charge is -2.34. The summed E-state index contributed by atoms with van der Waals surface area (Å²) in [7, 11) is 0. The number of aliphatic hydroxyl groups is 1. The van der Waals surface area contributed by atoms with Crippen molar-refractivity contribution in [3.8, 4) is 0 Å². The minimum Gasteiger partial charge on any atom is -0.456 e. The van der Waals surface area contributed by atoms with Crippen LogP contribution < -0.4 is 3.53 Å². The maximum Gasteiger partial charge on any atom is 0.360 e. The molecule has 2 aromatic rings. The summed E-state index contributed by atoms with van der Waals surface area (Å²) >= 11 is 1.71. The molecule has 3 unspecified atom stereocenters. The van der Waals surface area contributed by atoms with Gasteiger partial charge in [-0.2, -0.15) is 0 Å². The van der Waals surface area contributed by atoms with E-state index in [0.717, 1.165) is 5.56 Å². The van der Waals surface area contributed by atoms with Crippen molar-refractivity contribution < 1.29 is 24.2 Å². The Balaban J connectivity index is 1.80. The van der Waals surface area contributed by atoms with Gasteiger partial charge in [0.25, 0.3) is 5.91 Å². The maximum absolute atomic E-state index is 13.5. The molecule has 2 amide bonds. The smallest absolute Gasteiger partial charge is 0.360 e. The van der Waals surface area contributed by atoms with Gasteiger partial charge >= 0.3 is 5.97 Å². The van der Waals surface area contributed by atoms with E-state index in [1.54, 1.807) is 22.9 Å². The van der Waals surface area contributed by atoms with Crippen LogP contribution in [0.4, 0.5) is 0 Å². The summed E-state index contributed by atoms with van der Waals surface area (Å²) in [5, 5.41) is 18.0. The van der Waals surface area contributed by atoms with Gasteiger partial charge in [0.15, 0.2) is 5.69 Å². The minimum absolute atomic E-state index is 0.0222. The van der Waals surface area contributed by atoms with Gasteiger partial charge in [0.1, 0.15) is 18.7 Å². The van der Waals surface area contributed by atoms with Gasteiger partial charge < -0.3 is 14.7 Å². The van der Waals surface area contributed by atoms with Crippen LogP contribution in [0.2, 0.25) is 0 Å². The van der Waals surface area contributed by atoms with Crippen LogP contribution in [-0.4, -0.2) is 61.5 Å². The van der Waals surface area contributed by atoms with Crippen molar-refractivity contribution >= 4 is 40.6 Å². The number of benzene rings is 1. The number of hydrogen-bond acceptors (Lipinski definition) is 7. The summed E-state index contributed by atoms with van der Waals surface area (Å²) in [6.07, 6.45) is 0.741. The maximum atomic E-state index is 13.5. The SMILES string of the molecule is CC(C)(C)C(C(=O)N1CC(O)CC1C(=O)NI)n1cc(C(=O)OCc2ccccc2)nn1. The van der Waals surface area contributed by atoms with E-state index in [4.69, 9.17) is 4.74 Å². The highest BCUT2D eigenvalue weighted by Gasteiger charge is 2.45. The fourth-order valence-corrected chi connectivity index (χ4v) is 4.06. The summed E-state index contributed by atoms with van der Waals surface area (Å²) < 4.78 is 9.12. The first-order chi connectivity index (χ1) is 15.1. The standard InChI is InChI=1S/C21H26IN5O5/c1-21(2,3)17(19(30)26-10-14(28)9-16(26)18(29)23-22)27-11-15(24-25-27)20(31)32-12-13-7-5-4-6-8-13/h4-8,11,14,16-17,28H,9-10,12H2,1-3H3,(H,23,29). The van der Waals surface area contributed by atoms with E-state index in [1.807, 2.05) is 51.1 Å². The van der Waals surface area contributed by atoms with Crippen LogP contribution in [0.3, 0.4) is 0 Å². The summed E-state index contributed by atoms with van der Waals surface area (Å²) in [5.41, 5.74) is 0.198. The van der Waals surface area contributed by atoms with E-state index in [2.05, 4.69) is 13.8 Å². The zero-order valence-corrected chi connectivity index (χ0v) is 20.2. The number of amides is 2. The quantitative estimate of drug-likeness (QED) is 0.316. The normalized spacial score (nSPS) is 19.5. The number of aromatic nitrogens is 3. The molecule has 1 fully saturated rings.